The molecule has 0 aliphatic heterocycles. The average Bonchev–Trinajstić information content (AvgIpc) is 3.93. The van der Waals surface area contributed by atoms with E-state index in [0.29, 0.717) is 53.9 Å². The Labute approximate surface area is 358 Å². The number of furan rings is 1. The molecule has 12 rings (SSSR count). The van der Waals surface area contributed by atoms with Gasteiger partial charge in [-0.25, -0.2) is 15.0 Å². The van der Waals surface area contributed by atoms with Crippen LogP contribution in [0.1, 0.15) is 8.22 Å². The third-order valence-corrected chi connectivity index (χ3v) is 12.2. The molecule has 3 heterocycles. The van der Waals surface area contributed by atoms with E-state index < -0.39 is 0 Å². The summed E-state index contributed by atoms with van der Waals surface area (Å²) >= 11 is 1.33. The molecule has 280 valence electrons. The summed E-state index contributed by atoms with van der Waals surface area (Å²) in [4.78, 5) is 15.5. The average molecular weight is 790 g/mol. The van der Waals surface area contributed by atoms with Gasteiger partial charge in [-0.2, -0.15) is 0 Å². The zero-order valence-corrected chi connectivity index (χ0v) is 32.6. The highest BCUT2D eigenvalue weighted by Gasteiger charge is 2.20. The number of thiophene rings is 1. The van der Waals surface area contributed by atoms with Gasteiger partial charge in [0.15, 0.2) is 17.5 Å². The second-order valence-electron chi connectivity index (χ2n) is 14.7. The summed E-state index contributed by atoms with van der Waals surface area (Å²) in [6.07, 6.45) is 0. The van der Waals surface area contributed by atoms with Crippen molar-refractivity contribution in [2.45, 2.75) is 0 Å². The van der Waals surface area contributed by atoms with E-state index in [1.54, 1.807) is 12.1 Å². The van der Waals surface area contributed by atoms with Gasteiger partial charge in [-0.1, -0.05) is 158 Å². The van der Waals surface area contributed by atoms with Crippen molar-refractivity contribution in [3.8, 4) is 67.5 Å². The number of benzene rings is 9. The van der Waals surface area contributed by atoms with Gasteiger partial charge in [-0.15, -0.1) is 11.3 Å². The van der Waals surface area contributed by atoms with Crippen LogP contribution in [-0.4, -0.2) is 15.0 Å². The van der Waals surface area contributed by atoms with Gasteiger partial charge in [0.2, 0.25) is 0 Å². The molecule has 9 aromatic carbocycles. The van der Waals surface area contributed by atoms with E-state index >= 15 is 0 Å². The van der Waals surface area contributed by atoms with Crippen LogP contribution in [0.2, 0.25) is 0 Å². The molecule has 0 spiro atoms. The van der Waals surface area contributed by atoms with Crippen LogP contribution < -0.4 is 0 Å². The standard InChI is InChI=1S/C55H33N3OS/c1-4-14-34(15-5-1)39-30-40(35-16-6-2-7-17-35)32-41(31-39)54-56-53(38-27-28-44-48(33-38)59-47-24-12-22-42(50(44)47)36-18-8-3-9-19-36)57-55(58-54)46-23-13-25-49-51(46)45-29-26-37-20-10-11-21-43(37)52(45)60-49/h1-33H/i10D,13D,20D,23D,26D,29D. The van der Waals surface area contributed by atoms with Crippen LogP contribution in [0.15, 0.2) is 204 Å². The molecule has 0 N–H and O–H groups in total. The van der Waals surface area contributed by atoms with E-state index in [-0.39, 0.29) is 53.0 Å². The summed E-state index contributed by atoms with van der Waals surface area (Å²) in [5, 5.41) is 3.60. The number of hydrogen-bond acceptors (Lipinski definition) is 5. The van der Waals surface area contributed by atoms with Crippen LogP contribution >= 0.6 is 11.3 Å². The molecule has 0 amide bonds. The van der Waals surface area contributed by atoms with E-state index in [2.05, 4.69) is 60.7 Å². The number of rotatable bonds is 6. The van der Waals surface area contributed by atoms with Gasteiger partial charge in [0, 0.05) is 47.6 Å². The predicted octanol–water partition coefficient (Wildman–Crippen LogP) is 15.3. The fraction of sp³-hybridized carbons (Fsp3) is 0. The molecular formula is C55H33N3OS. The summed E-state index contributed by atoms with van der Waals surface area (Å²) in [7, 11) is 0. The number of hydrogen-bond donors (Lipinski definition) is 0. The van der Waals surface area contributed by atoms with Crippen LogP contribution in [0.25, 0.3) is 120 Å². The molecule has 0 radical (unpaired) electrons. The summed E-state index contributed by atoms with van der Waals surface area (Å²) in [6.45, 7) is 0. The Morgan fingerprint density at radius 2 is 1.08 bits per heavy atom. The first-order valence-electron chi connectivity index (χ1n) is 22.6. The quantitative estimate of drug-likeness (QED) is 0.168. The van der Waals surface area contributed by atoms with Crippen LogP contribution in [0, 0.1) is 0 Å². The van der Waals surface area contributed by atoms with Crippen LogP contribution in [0.4, 0.5) is 0 Å². The van der Waals surface area contributed by atoms with E-state index in [4.69, 9.17) is 24.9 Å². The van der Waals surface area contributed by atoms with Crippen molar-refractivity contribution >= 4 is 64.2 Å². The van der Waals surface area contributed by atoms with Crippen LogP contribution in [0.3, 0.4) is 0 Å². The molecule has 60 heavy (non-hydrogen) atoms. The van der Waals surface area contributed by atoms with E-state index in [1.165, 1.54) is 17.4 Å². The molecule has 0 aliphatic carbocycles. The largest absolute Gasteiger partial charge is 0.456 e. The first-order valence-corrected chi connectivity index (χ1v) is 20.4. The molecular weight excluding hydrogens is 751 g/mol. The number of fused-ring (bicyclic) bond motifs is 8. The van der Waals surface area contributed by atoms with E-state index in [9.17, 15) is 2.74 Å². The molecule has 0 fully saturated rings. The van der Waals surface area contributed by atoms with E-state index in [1.807, 2.05) is 84.9 Å². The summed E-state index contributed by atoms with van der Waals surface area (Å²) in [6, 6.07) is 52.9. The molecule has 0 atom stereocenters. The van der Waals surface area contributed by atoms with Crippen molar-refractivity contribution < 1.29 is 12.6 Å². The monoisotopic (exact) mass is 789 g/mol. The number of aromatic nitrogens is 3. The smallest absolute Gasteiger partial charge is 0.164 e. The Bertz CT molecular complexity index is 3890. The van der Waals surface area contributed by atoms with Gasteiger partial charge in [-0.05, 0) is 86.6 Å². The third-order valence-electron chi connectivity index (χ3n) is 11.0. The van der Waals surface area contributed by atoms with Crippen molar-refractivity contribution in [1.82, 2.24) is 15.0 Å². The molecule has 3 aromatic heterocycles. The summed E-state index contributed by atoms with van der Waals surface area (Å²) in [5.41, 5.74) is 9.02. The molecule has 0 saturated carbocycles. The minimum atomic E-state index is -0.179. The van der Waals surface area contributed by atoms with Gasteiger partial charge < -0.3 is 4.42 Å². The fourth-order valence-electron chi connectivity index (χ4n) is 8.23. The molecule has 12 aromatic rings. The fourth-order valence-corrected chi connectivity index (χ4v) is 9.41. The first-order chi connectivity index (χ1) is 32.2. The second-order valence-corrected chi connectivity index (χ2v) is 15.7. The lowest BCUT2D eigenvalue weighted by Gasteiger charge is -2.13. The normalized spacial score (nSPS) is 13.1. The van der Waals surface area contributed by atoms with Gasteiger partial charge in [0.25, 0.3) is 0 Å². The lowest BCUT2D eigenvalue weighted by Crippen LogP contribution is -2.01. The SMILES string of the molecule is [2H]c1cc2sc3c4ccc([2H])c([2H])c4c([2H])c([2H])c3c2c(-c2nc(-c3cc(-c4ccccc4)cc(-c4ccccc4)c3)nc(-c3ccc4c(c3)oc3cccc(-c5ccccc5)c34)n2)c1[2H]. The molecule has 0 bridgehead atoms. The lowest BCUT2D eigenvalue weighted by atomic mass is 9.95. The second kappa shape index (κ2) is 14.0. The highest BCUT2D eigenvalue weighted by molar-refractivity contribution is 7.26. The zero-order chi connectivity index (χ0) is 44.8. The Balaban J connectivity index is 1.15. The summed E-state index contributed by atoms with van der Waals surface area (Å²) in [5.74, 6) is 0.784. The third kappa shape index (κ3) is 5.78. The molecule has 0 aliphatic rings. The van der Waals surface area contributed by atoms with Gasteiger partial charge in [-0.3, -0.25) is 0 Å². The molecule has 0 unspecified atom stereocenters. The topological polar surface area (TPSA) is 51.8 Å². The van der Waals surface area contributed by atoms with Gasteiger partial charge in [0.05, 0.1) is 8.22 Å². The summed E-state index contributed by atoms with van der Waals surface area (Å²) < 4.78 is 61.9. The highest BCUT2D eigenvalue weighted by Crippen LogP contribution is 2.44. The highest BCUT2D eigenvalue weighted by atomic mass is 32.1. The maximum absolute atomic E-state index is 9.52. The predicted molar refractivity (Wildman–Crippen MR) is 250 cm³/mol. The maximum Gasteiger partial charge on any atom is 0.164 e. The van der Waals surface area contributed by atoms with Crippen LogP contribution in [0.5, 0.6) is 0 Å². The van der Waals surface area contributed by atoms with E-state index in [0.717, 1.165) is 49.7 Å². The Morgan fingerprint density at radius 1 is 0.400 bits per heavy atom. The number of nitrogens with zero attached hydrogens (tertiary/aromatic N) is 3. The van der Waals surface area contributed by atoms with Crippen molar-refractivity contribution in [3.05, 3.63) is 200 Å². The Hall–Kier alpha value is -7.73. The lowest BCUT2D eigenvalue weighted by molar-refractivity contribution is 0.669. The van der Waals surface area contributed by atoms with Crippen molar-refractivity contribution in [3.63, 3.8) is 0 Å². The minimum Gasteiger partial charge on any atom is -0.456 e. The molecule has 4 nitrogen and oxygen atoms in total. The Kier molecular flexibility index (Phi) is 6.67. The van der Waals surface area contributed by atoms with Crippen molar-refractivity contribution in [1.29, 1.82) is 0 Å². The van der Waals surface area contributed by atoms with Gasteiger partial charge >= 0.3 is 0 Å². The van der Waals surface area contributed by atoms with Gasteiger partial charge in [0.1, 0.15) is 11.2 Å². The van der Waals surface area contributed by atoms with Crippen molar-refractivity contribution in [2.75, 3.05) is 0 Å². The van der Waals surface area contributed by atoms with Crippen molar-refractivity contribution in [2.24, 2.45) is 0 Å². The first kappa shape index (κ1) is 28.6. The molecule has 5 heteroatoms. The van der Waals surface area contributed by atoms with Crippen LogP contribution in [-0.2, 0) is 0 Å². The maximum atomic E-state index is 9.52. The molecule has 0 saturated heterocycles. The Morgan fingerprint density at radius 3 is 1.83 bits per heavy atom. The minimum absolute atomic E-state index is 0.0343. The zero-order valence-electron chi connectivity index (χ0n) is 37.7.